The van der Waals surface area contributed by atoms with Crippen LogP contribution in [0.5, 0.6) is 6.01 Å². The van der Waals surface area contributed by atoms with Crippen LogP contribution in [0.15, 0.2) is 0 Å². The van der Waals surface area contributed by atoms with E-state index >= 15 is 0 Å². The van der Waals surface area contributed by atoms with Crippen LogP contribution in [-0.2, 0) is 0 Å². The van der Waals surface area contributed by atoms with Crippen LogP contribution in [0.2, 0.25) is 0 Å². The molecule has 1 fully saturated rings. The van der Waals surface area contributed by atoms with Crippen molar-refractivity contribution < 1.29 is 9.84 Å². The summed E-state index contributed by atoms with van der Waals surface area (Å²) in [5.74, 6) is 1.40. The first-order valence-electron chi connectivity index (χ1n) is 7.59. The number of aliphatic hydroxyl groups excluding tert-OH is 1. The van der Waals surface area contributed by atoms with E-state index in [1.165, 1.54) is 0 Å². The third-order valence-corrected chi connectivity index (χ3v) is 3.47. The zero-order valence-electron chi connectivity index (χ0n) is 13.2. The van der Waals surface area contributed by atoms with Crippen LogP contribution < -0.4 is 15.0 Å². The van der Waals surface area contributed by atoms with Crippen molar-refractivity contribution in [2.75, 3.05) is 29.9 Å². The van der Waals surface area contributed by atoms with Gasteiger partial charge in [-0.05, 0) is 34.1 Å². The molecule has 0 aliphatic carbocycles. The maximum atomic E-state index is 9.71. The van der Waals surface area contributed by atoms with E-state index in [1.54, 1.807) is 0 Å². The zero-order valence-corrected chi connectivity index (χ0v) is 13.2. The first-order valence-corrected chi connectivity index (χ1v) is 7.59. The molecule has 2 heterocycles. The highest BCUT2D eigenvalue weighted by atomic mass is 16.5. The molecule has 2 atom stereocenters. The minimum Gasteiger partial charge on any atom is -0.461 e. The minimum absolute atomic E-state index is 0.0125. The number of anilines is 2. The molecular formula is C14H25N5O2. The van der Waals surface area contributed by atoms with Gasteiger partial charge in [0.2, 0.25) is 11.9 Å². The highest BCUT2D eigenvalue weighted by Gasteiger charge is 2.28. The lowest BCUT2D eigenvalue weighted by atomic mass is 10.0. The van der Waals surface area contributed by atoms with Crippen LogP contribution in [-0.4, -0.2) is 51.9 Å². The number of nitrogens with one attached hydrogen (secondary N) is 1. The van der Waals surface area contributed by atoms with Gasteiger partial charge in [0.05, 0.1) is 12.2 Å². The van der Waals surface area contributed by atoms with Crippen molar-refractivity contribution in [2.24, 2.45) is 5.92 Å². The SMILES string of the molecule is CCNc1nc(OC(C)C)nc(N2CCC(C(C)O)C2)n1. The molecule has 1 aromatic heterocycles. The van der Waals surface area contributed by atoms with Gasteiger partial charge in [0, 0.05) is 25.6 Å². The van der Waals surface area contributed by atoms with Gasteiger partial charge in [0.15, 0.2) is 0 Å². The molecular weight excluding hydrogens is 270 g/mol. The molecule has 1 aliphatic rings. The fourth-order valence-corrected chi connectivity index (χ4v) is 2.35. The molecule has 0 saturated carbocycles. The molecule has 0 spiro atoms. The van der Waals surface area contributed by atoms with Gasteiger partial charge < -0.3 is 20.1 Å². The standard InChI is InChI=1S/C14H25N5O2/c1-5-15-12-16-13(18-14(17-12)21-9(2)3)19-7-6-11(8-19)10(4)20/h9-11,20H,5-8H2,1-4H3,(H,15,16,17,18). The maximum absolute atomic E-state index is 9.71. The van der Waals surface area contributed by atoms with Crippen molar-refractivity contribution in [3.05, 3.63) is 0 Å². The van der Waals surface area contributed by atoms with Crippen molar-refractivity contribution in [1.29, 1.82) is 0 Å². The lowest BCUT2D eigenvalue weighted by Crippen LogP contribution is -2.26. The summed E-state index contributed by atoms with van der Waals surface area (Å²) in [6.07, 6.45) is 0.648. The van der Waals surface area contributed by atoms with Crippen LogP contribution in [0, 0.1) is 5.92 Å². The predicted octanol–water partition coefficient (Wildman–Crippen LogP) is 1.30. The normalized spacial score (nSPS) is 19.9. The Balaban J connectivity index is 2.19. The Morgan fingerprint density at radius 2 is 2.10 bits per heavy atom. The van der Waals surface area contributed by atoms with Crippen molar-refractivity contribution >= 4 is 11.9 Å². The van der Waals surface area contributed by atoms with Crippen LogP contribution in [0.25, 0.3) is 0 Å². The second kappa shape index (κ2) is 6.89. The Morgan fingerprint density at radius 3 is 2.67 bits per heavy atom. The smallest absolute Gasteiger partial charge is 0.323 e. The molecule has 7 heteroatoms. The predicted molar refractivity (Wildman–Crippen MR) is 81.8 cm³/mol. The quantitative estimate of drug-likeness (QED) is 0.818. The van der Waals surface area contributed by atoms with Gasteiger partial charge in [0.1, 0.15) is 0 Å². The molecule has 21 heavy (non-hydrogen) atoms. The summed E-state index contributed by atoms with van der Waals surface area (Å²) < 4.78 is 5.60. The second-order valence-electron chi connectivity index (χ2n) is 5.67. The summed E-state index contributed by atoms with van der Waals surface area (Å²) in [6, 6.07) is 0.339. The molecule has 2 N–H and O–H groups in total. The van der Waals surface area contributed by atoms with Gasteiger partial charge in [-0.1, -0.05) is 0 Å². The van der Waals surface area contributed by atoms with Crippen molar-refractivity contribution in [2.45, 2.75) is 46.3 Å². The zero-order chi connectivity index (χ0) is 15.4. The summed E-state index contributed by atoms with van der Waals surface area (Å²) >= 11 is 0. The van der Waals surface area contributed by atoms with Crippen LogP contribution in [0.3, 0.4) is 0 Å². The number of nitrogens with zero attached hydrogens (tertiary/aromatic N) is 4. The number of aliphatic hydroxyl groups is 1. The van der Waals surface area contributed by atoms with E-state index in [2.05, 4.69) is 25.2 Å². The van der Waals surface area contributed by atoms with Gasteiger partial charge in [-0.2, -0.15) is 15.0 Å². The van der Waals surface area contributed by atoms with E-state index in [9.17, 15) is 5.11 Å². The largest absolute Gasteiger partial charge is 0.461 e. The molecule has 0 amide bonds. The average molecular weight is 295 g/mol. The molecule has 0 aromatic carbocycles. The van der Waals surface area contributed by atoms with E-state index < -0.39 is 0 Å². The van der Waals surface area contributed by atoms with Crippen molar-refractivity contribution in [1.82, 2.24) is 15.0 Å². The molecule has 1 aliphatic heterocycles. The van der Waals surface area contributed by atoms with Gasteiger partial charge in [0.25, 0.3) is 0 Å². The third-order valence-electron chi connectivity index (χ3n) is 3.47. The van der Waals surface area contributed by atoms with E-state index in [0.29, 0.717) is 17.9 Å². The van der Waals surface area contributed by atoms with Crippen molar-refractivity contribution in [3.63, 3.8) is 0 Å². The fraction of sp³-hybridized carbons (Fsp3) is 0.786. The summed E-state index contributed by atoms with van der Waals surface area (Å²) in [5, 5.41) is 12.8. The Hall–Kier alpha value is -1.63. The van der Waals surface area contributed by atoms with E-state index in [-0.39, 0.29) is 18.1 Å². The van der Waals surface area contributed by atoms with E-state index in [0.717, 1.165) is 26.1 Å². The molecule has 1 aromatic rings. The fourth-order valence-electron chi connectivity index (χ4n) is 2.35. The van der Waals surface area contributed by atoms with Gasteiger partial charge in [-0.3, -0.25) is 0 Å². The molecule has 1 saturated heterocycles. The summed E-state index contributed by atoms with van der Waals surface area (Å²) in [4.78, 5) is 15.2. The second-order valence-corrected chi connectivity index (χ2v) is 5.67. The lowest BCUT2D eigenvalue weighted by Gasteiger charge is -2.19. The Bertz CT molecular complexity index is 467. The molecule has 118 valence electrons. The number of ether oxygens (including phenoxy) is 1. The summed E-state index contributed by atoms with van der Waals surface area (Å²) in [5.41, 5.74) is 0. The molecule has 0 radical (unpaired) electrons. The number of rotatable bonds is 6. The number of hydrogen-bond acceptors (Lipinski definition) is 7. The summed E-state index contributed by atoms with van der Waals surface area (Å²) in [6.45, 7) is 10.0. The Kier molecular flexibility index (Phi) is 5.17. The monoisotopic (exact) mass is 295 g/mol. The summed E-state index contributed by atoms with van der Waals surface area (Å²) in [7, 11) is 0. The highest BCUT2D eigenvalue weighted by Crippen LogP contribution is 2.25. The molecule has 2 unspecified atom stereocenters. The van der Waals surface area contributed by atoms with Crippen LogP contribution in [0.4, 0.5) is 11.9 Å². The third kappa shape index (κ3) is 4.17. The number of hydrogen-bond donors (Lipinski definition) is 2. The maximum Gasteiger partial charge on any atom is 0.323 e. The molecule has 7 nitrogen and oxygen atoms in total. The topological polar surface area (TPSA) is 83.4 Å². The first kappa shape index (κ1) is 15.8. The molecule has 0 bridgehead atoms. The lowest BCUT2D eigenvalue weighted by molar-refractivity contribution is 0.136. The average Bonchev–Trinajstić information content (AvgIpc) is 2.87. The minimum atomic E-state index is -0.309. The highest BCUT2D eigenvalue weighted by molar-refractivity contribution is 5.39. The van der Waals surface area contributed by atoms with Crippen LogP contribution >= 0.6 is 0 Å². The van der Waals surface area contributed by atoms with E-state index in [1.807, 2.05) is 27.7 Å². The Labute approximate surface area is 125 Å². The Morgan fingerprint density at radius 1 is 1.33 bits per heavy atom. The van der Waals surface area contributed by atoms with Crippen molar-refractivity contribution in [3.8, 4) is 6.01 Å². The first-order chi connectivity index (χ1) is 9.99. The van der Waals surface area contributed by atoms with Crippen LogP contribution in [0.1, 0.15) is 34.1 Å². The van der Waals surface area contributed by atoms with Gasteiger partial charge in [-0.25, -0.2) is 0 Å². The van der Waals surface area contributed by atoms with E-state index in [4.69, 9.17) is 4.74 Å². The number of aromatic nitrogens is 3. The molecule has 2 rings (SSSR count). The van der Waals surface area contributed by atoms with Gasteiger partial charge in [-0.15, -0.1) is 0 Å². The van der Waals surface area contributed by atoms with Gasteiger partial charge >= 0.3 is 6.01 Å².